The molecule has 0 saturated heterocycles. The Labute approximate surface area is 103 Å². The first-order chi connectivity index (χ1) is 8.06. The van der Waals surface area contributed by atoms with Crippen LogP contribution in [0.15, 0.2) is 18.3 Å². The molecule has 4 heteroatoms. The first-order valence-electron chi connectivity index (χ1n) is 5.84. The van der Waals surface area contributed by atoms with Crippen molar-refractivity contribution in [3.8, 4) is 6.07 Å². The summed E-state index contributed by atoms with van der Waals surface area (Å²) in [5.74, 6) is 0.847. The van der Waals surface area contributed by atoms with Crippen molar-refractivity contribution in [3.63, 3.8) is 0 Å². The van der Waals surface area contributed by atoms with Crippen molar-refractivity contribution in [1.29, 1.82) is 5.26 Å². The van der Waals surface area contributed by atoms with Crippen molar-refractivity contribution in [2.45, 2.75) is 39.3 Å². The topological polar surface area (TPSA) is 60.1 Å². The van der Waals surface area contributed by atoms with Gasteiger partial charge in [0.25, 0.3) is 0 Å². The fourth-order valence-electron chi connectivity index (χ4n) is 1.62. The van der Waals surface area contributed by atoms with E-state index in [0.717, 1.165) is 11.4 Å². The minimum absolute atomic E-state index is 0.299. The van der Waals surface area contributed by atoms with Crippen LogP contribution in [-0.2, 0) is 0 Å². The Morgan fingerprint density at radius 2 is 2.12 bits per heavy atom. The molecule has 1 aromatic heterocycles. The van der Waals surface area contributed by atoms with Gasteiger partial charge in [0.1, 0.15) is 5.82 Å². The molecule has 0 aliphatic carbocycles. The van der Waals surface area contributed by atoms with Gasteiger partial charge in [-0.2, -0.15) is 5.26 Å². The second-order valence-corrected chi connectivity index (χ2v) is 4.32. The van der Waals surface area contributed by atoms with Crippen LogP contribution >= 0.6 is 0 Å². The lowest BCUT2D eigenvalue weighted by atomic mass is 10.2. The summed E-state index contributed by atoms with van der Waals surface area (Å²) in [6.45, 7) is 6.53. The number of aliphatic hydroxyl groups is 1. The highest BCUT2D eigenvalue weighted by Gasteiger charge is 2.11. The van der Waals surface area contributed by atoms with Crippen LogP contribution in [0.3, 0.4) is 0 Å². The van der Waals surface area contributed by atoms with Crippen LogP contribution in [0, 0.1) is 11.3 Å². The van der Waals surface area contributed by atoms with Gasteiger partial charge in [-0.3, -0.25) is 0 Å². The number of hydrogen-bond donors (Lipinski definition) is 1. The van der Waals surface area contributed by atoms with Gasteiger partial charge in [-0.15, -0.1) is 0 Å². The number of rotatable bonds is 5. The molecule has 1 N–H and O–H groups in total. The number of nitrogens with zero attached hydrogens (tertiary/aromatic N) is 3. The quantitative estimate of drug-likeness (QED) is 0.847. The van der Waals surface area contributed by atoms with Crippen LogP contribution in [-0.4, -0.2) is 22.7 Å². The van der Waals surface area contributed by atoms with Gasteiger partial charge in [-0.1, -0.05) is 6.07 Å². The van der Waals surface area contributed by atoms with Crippen molar-refractivity contribution in [3.05, 3.63) is 23.9 Å². The molecule has 1 unspecified atom stereocenters. The Kier molecular flexibility index (Phi) is 4.92. The maximum Gasteiger partial charge on any atom is 0.128 e. The molecule has 92 valence electrons. The summed E-state index contributed by atoms with van der Waals surface area (Å²) in [5.41, 5.74) is 0.803. The predicted octanol–water partition coefficient (Wildman–Crippen LogP) is 2.26. The summed E-state index contributed by atoms with van der Waals surface area (Å²) in [4.78, 5) is 6.41. The van der Waals surface area contributed by atoms with E-state index in [1.54, 1.807) is 13.1 Å². The van der Waals surface area contributed by atoms with Gasteiger partial charge in [-0.05, 0) is 32.4 Å². The zero-order chi connectivity index (χ0) is 12.8. The lowest BCUT2D eigenvalue weighted by Gasteiger charge is -2.27. The molecule has 0 aliphatic heterocycles. The van der Waals surface area contributed by atoms with Crippen molar-refractivity contribution in [2.24, 2.45) is 0 Å². The highest BCUT2D eigenvalue weighted by molar-refractivity contribution is 5.40. The maximum atomic E-state index is 9.41. The third-order valence-electron chi connectivity index (χ3n) is 2.64. The fourth-order valence-corrected chi connectivity index (χ4v) is 1.62. The molecular formula is C13H19N3O. The van der Waals surface area contributed by atoms with Crippen molar-refractivity contribution < 1.29 is 5.11 Å². The molecule has 1 rings (SSSR count). The third kappa shape index (κ3) is 3.72. The normalized spacial score (nSPS) is 12.2. The average Bonchev–Trinajstić information content (AvgIpc) is 2.29. The van der Waals surface area contributed by atoms with Crippen LogP contribution in [0.5, 0.6) is 0 Å². The van der Waals surface area contributed by atoms with E-state index in [9.17, 15) is 5.11 Å². The highest BCUT2D eigenvalue weighted by atomic mass is 16.3. The average molecular weight is 233 g/mol. The molecule has 0 aliphatic rings. The fraction of sp³-hybridized carbons (Fsp3) is 0.538. The smallest absolute Gasteiger partial charge is 0.128 e. The third-order valence-corrected chi connectivity index (χ3v) is 2.64. The van der Waals surface area contributed by atoms with E-state index in [4.69, 9.17) is 5.26 Å². The lowest BCUT2D eigenvalue weighted by Crippen LogP contribution is -2.32. The Hall–Kier alpha value is -1.60. The van der Waals surface area contributed by atoms with Crippen LogP contribution in [0.2, 0.25) is 0 Å². The van der Waals surface area contributed by atoms with Gasteiger partial charge >= 0.3 is 0 Å². The molecule has 4 nitrogen and oxygen atoms in total. The zero-order valence-electron chi connectivity index (χ0n) is 10.6. The predicted molar refractivity (Wildman–Crippen MR) is 67.6 cm³/mol. The van der Waals surface area contributed by atoms with E-state index in [1.807, 2.05) is 12.1 Å². The Bertz CT molecular complexity index is 379. The van der Waals surface area contributed by atoms with E-state index >= 15 is 0 Å². The summed E-state index contributed by atoms with van der Waals surface area (Å²) in [6, 6.07) is 6.20. The van der Waals surface area contributed by atoms with E-state index in [2.05, 4.69) is 29.8 Å². The molecule has 0 fully saturated rings. The number of anilines is 1. The molecule has 0 aromatic carbocycles. The Morgan fingerprint density at radius 3 is 2.53 bits per heavy atom. The molecule has 0 radical (unpaired) electrons. The van der Waals surface area contributed by atoms with Gasteiger partial charge < -0.3 is 10.0 Å². The van der Waals surface area contributed by atoms with Gasteiger partial charge in [0.05, 0.1) is 18.6 Å². The van der Waals surface area contributed by atoms with Gasteiger partial charge in [0.2, 0.25) is 0 Å². The van der Waals surface area contributed by atoms with E-state index in [0.29, 0.717) is 19.0 Å². The van der Waals surface area contributed by atoms with Crippen LogP contribution < -0.4 is 4.90 Å². The zero-order valence-corrected chi connectivity index (χ0v) is 10.6. The van der Waals surface area contributed by atoms with Crippen LogP contribution in [0.4, 0.5) is 5.82 Å². The van der Waals surface area contributed by atoms with Crippen LogP contribution in [0.1, 0.15) is 38.9 Å². The number of aromatic nitrogens is 1. The summed E-state index contributed by atoms with van der Waals surface area (Å²) in [5, 5.41) is 18.0. The lowest BCUT2D eigenvalue weighted by molar-refractivity contribution is 0.199. The molecule has 1 atom stereocenters. The summed E-state index contributed by atoms with van der Waals surface area (Å²) < 4.78 is 0. The molecule has 0 bridgehead atoms. The standard InChI is InChI=1S/C13H19N3O/c1-10(2)16(8-4-7-14)13-6-5-12(9-15-13)11(3)17/h5-6,9-11,17H,4,8H2,1-3H3. The number of aliphatic hydroxyl groups excluding tert-OH is 1. The van der Waals surface area contributed by atoms with Crippen LogP contribution in [0.25, 0.3) is 0 Å². The number of nitriles is 1. The van der Waals surface area contributed by atoms with Gasteiger partial charge in [0, 0.05) is 18.8 Å². The van der Waals surface area contributed by atoms with Gasteiger partial charge in [0.15, 0.2) is 0 Å². The minimum Gasteiger partial charge on any atom is -0.389 e. The van der Waals surface area contributed by atoms with Crippen molar-refractivity contribution >= 4 is 5.82 Å². The second-order valence-electron chi connectivity index (χ2n) is 4.32. The molecule has 1 heterocycles. The van der Waals surface area contributed by atoms with Gasteiger partial charge in [-0.25, -0.2) is 4.98 Å². The number of pyridine rings is 1. The van der Waals surface area contributed by atoms with Crippen molar-refractivity contribution in [2.75, 3.05) is 11.4 Å². The first kappa shape index (κ1) is 13.5. The van der Waals surface area contributed by atoms with E-state index in [-0.39, 0.29) is 0 Å². The molecule has 17 heavy (non-hydrogen) atoms. The molecule has 0 spiro atoms. The largest absolute Gasteiger partial charge is 0.389 e. The van der Waals surface area contributed by atoms with E-state index < -0.39 is 6.10 Å². The second kappa shape index (κ2) is 6.21. The Morgan fingerprint density at radius 1 is 1.41 bits per heavy atom. The summed E-state index contributed by atoms with van der Waals surface area (Å²) in [7, 11) is 0. The van der Waals surface area contributed by atoms with Crippen molar-refractivity contribution in [1.82, 2.24) is 4.98 Å². The Balaban J connectivity index is 2.84. The maximum absolute atomic E-state index is 9.41. The molecule has 0 saturated carbocycles. The monoisotopic (exact) mass is 233 g/mol. The first-order valence-corrected chi connectivity index (χ1v) is 5.84. The molecule has 0 amide bonds. The van der Waals surface area contributed by atoms with E-state index in [1.165, 1.54) is 0 Å². The molecular weight excluding hydrogens is 214 g/mol. The minimum atomic E-state index is -0.497. The number of hydrogen-bond acceptors (Lipinski definition) is 4. The SMILES string of the molecule is CC(O)c1ccc(N(CCC#N)C(C)C)nc1. The summed E-state index contributed by atoms with van der Waals surface area (Å²) in [6.07, 6.45) is 1.67. The summed E-state index contributed by atoms with van der Waals surface area (Å²) >= 11 is 0. The highest BCUT2D eigenvalue weighted by Crippen LogP contribution is 2.17. The molecule has 1 aromatic rings.